The van der Waals surface area contributed by atoms with Crippen LogP contribution in [0.2, 0.25) is 0 Å². The summed E-state index contributed by atoms with van der Waals surface area (Å²) >= 11 is 0. The van der Waals surface area contributed by atoms with Gasteiger partial charge in [0, 0.05) is 18.2 Å². The zero-order valence-corrected chi connectivity index (χ0v) is 45.2. The molecule has 0 spiro atoms. The molecule has 1 aromatic carbocycles. The molecule has 0 atom stereocenters. The summed E-state index contributed by atoms with van der Waals surface area (Å²) in [6.45, 7) is 0. The first-order chi connectivity index (χ1) is 42.7. The molecule has 12 nitrogen and oxygen atoms in total. The van der Waals surface area contributed by atoms with Crippen molar-refractivity contribution in [3.8, 4) is 67.9 Å². The summed E-state index contributed by atoms with van der Waals surface area (Å²) in [6, 6.07) is 55.9. The predicted octanol–water partition coefficient (Wildman–Crippen LogP) is 15.0. The number of hydrogen-bond acceptors (Lipinski definition) is 12. The lowest BCUT2D eigenvalue weighted by molar-refractivity contribution is 0.366. The monoisotopic (exact) mass is 1240 g/mol. The molecule has 12 aliphatic rings. The van der Waals surface area contributed by atoms with Gasteiger partial charge in [-0.25, -0.2) is 28.8 Å². The third kappa shape index (κ3) is 13.5. The maximum absolute atomic E-state index is 14.8. The molecule has 0 bridgehead atoms. The Morgan fingerprint density at radius 1 is 0.222 bits per heavy atom. The van der Waals surface area contributed by atoms with Crippen molar-refractivity contribution in [2.45, 2.75) is 0 Å². The molecule has 6 aliphatic carbocycles. The molecular weight excluding hydrogens is 1210 g/mol. The number of fused-ring (bicyclic) bond motifs is 6. The molecule has 6 heterocycles. The smallest absolute Gasteiger partial charge is 0.418 e. The van der Waals surface area contributed by atoms with E-state index in [1.165, 1.54) is 0 Å². The molecule has 27 heteroatoms. The molecule has 0 saturated carbocycles. The van der Waals surface area contributed by atoms with E-state index in [1.54, 1.807) is 200 Å². The van der Waals surface area contributed by atoms with Gasteiger partial charge in [0.15, 0.2) is 67.9 Å². The molecule has 13 rings (SSSR count). The van der Waals surface area contributed by atoms with E-state index in [0.717, 1.165) is 0 Å². The lowest BCUT2D eigenvalue weighted by Gasteiger charge is -2.18. The van der Waals surface area contributed by atoms with Crippen LogP contribution in [0.3, 0.4) is 0 Å². The maximum Gasteiger partial charge on any atom is 0.673 e. The van der Waals surface area contributed by atoms with Gasteiger partial charge in [0.05, 0.1) is 67.8 Å². The molecule has 0 amide bonds. The molecule has 0 radical (unpaired) electrons. The second-order valence-electron chi connectivity index (χ2n) is 19.1. The molecule has 0 unspecified atom stereocenters. The fraction of sp³-hybridized carbons (Fsp3) is 0. The molecule has 0 saturated heterocycles. The van der Waals surface area contributed by atoms with Gasteiger partial charge in [0.25, 0.3) is 0 Å². The fourth-order valence-electron chi connectivity index (χ4n) is 10.2. The van der Waals surface area contributed by atoms with Gasteiger partial charge in [0.2, 0.25) is 0 Å². The Morgan fingerprint density at radius 3 is 0.500 bits per heavy atom. The van der Waals surface area contributed by atoms with Crippen molar-refractivity contribution in [1.82, 2.24) is 0 Å². The van der Waals surface area contributed by atoms with Gasteiger partial charge >= 0.3 is 55.5 Å². The van der Waals surface area contributed by atoms with E-state index in [-0.39, 0.29) is 102 Å². The van der Waals surface area contributed by atoms with Crippen LogP contribution in [0.1, 0.15) is 50.1 Å². The summed E-state index contributed by atoms with van der Waals surface area (Å²) in [4.78, 5) is 88.7. The highest BCUT2D eigenvalue weighted by Gasteiger charge is 2.47. The van der Waals surface area contributed by atoms with Gasteiger partial charge in [-0.1, -0.05) is 109 Å². The fourth-order valence-corrected chi connectivity index (χ4v) is 10.2. The zero-order chi connectivity index (χ0) is 64.4. The van der Waals surface area contributed by atoms with Crippen LogP contribution in [0.25, 0.3) is 67.9 Å². The van der Waals surface area contributed by atoms with Crippen LogP contribution < -0.4 is 33.8 Å². The van der Waals surface area contributed by atoms with E-state index < -0.39 is 55.5 Å². The number of hydrogen-bond donors (Lipinski definition) is 0. The Morgan fingerprint density at radius 2 is 0.356 bits per heavy atom. The molecule has 0 N–H and O–H groups in total. The highest BCUT2D eigenvalue weighted by molar-refractivity contribution is 6.50. The quantitative estimate of drug-likeness (QED) is 0.0759. The summed E-state index contributed by atoms with van der Waals surface area (Å²) in [5.74, 6) is 1.26. The van der Waals surface area contributed by atoms with Gasteiger partial charge in [-0.05, 0) is 72.8 Å². The highest BCUT2D eigenvalue weighted by atomic mass is 19.5. The average molecular weight is 1240 g/mol. The Balaban J connectivity index is 0.000000535. The van der Waals surface area contributed by atoms with Crippen molar-refractivity contribution in [3.63, 3.8) is 0 Å². The normalized spacial score (nSPS) is 11.6. The van der Waals surface area contributed by atoms with E-state index in [1.807, 2.05) is 0 Å². The van der Waals surface area contributed by atoms with E-state index in [0.29, 0.717) is 33.4 Å². The van der Waals surface area contributed by atoms with Crippen LogP contribution in [0.4, 0.5) is 51.8 Å². The van der Waals surface area contributed by atoms with Crippen molar-refractivity contribution in [2.75, 3.05) is 0 Å². The number of furan rings is 6. The third-order valence-electron chi connectivity index (χ3n) is 13.3. The molecule has 1 aromatic rings. The van der Waals surface area contributed by atoms with E-state index in [9.17, 15) is 80.6 Å². The lowest BCUT2D eigenvalue weighted by atomic mass is 9.75. The van der Waals surface area contributed by atoms with Gasteiger partial charge in [-0.3, -0.25) is 0 Å². The van der Waals surface area contributed by atoms with Gasteiger partial charge in [-0.2, -0.15) is 0 Å². The van der Waals surface area contributed by atoms with Crippen LogP contribution in [0.15, 0.2) is 255 Å². The van der Waals surface area contributed by atoms with Gasteiger partial charge in [-0.15, -0.1) is 0 Å². The third-order valence-corrected chi connectivity index (χ3v) is 13.3. The number of rotatable bonds is 9. The van der Waals surface area contributed by atoms with Crippen LogP contribution in [-0.2, 0) is 0 Å². The second kappa shape index (κ2) is 24.9. The maximum atomic E-state index is 14.8. The van der Waals surface area contributed by atoms with Crippen molar-refractivity contribution >= 4 is 21.8 Å². The lowest BCUT2D eigenvalue weighted by Crippen LogP contribution is -2.23. The van der Waals surface area contributed by atoms with E-state index in [2.05, 4.69) is 0 Å². The van der Waals surface area contributed by atoms with Crippen LogP contribution >= 0.6 is 0 Å². The van der Waals surface area contributed by atoms with Crippen molar-refractivity contribution < 1.29 is 78.3 Å². The zero-order valence-electron chi connectivity index (χ0n) is 45.2. The highest BCUT2D eigenvalue weighted by Crippen LogP contribution is 2.48. The summed E-state index contributed by atoms with van der Waals surface area (Å²) in [5, 5.41) is 0. The average Bonchev–Trinajstić information content (AvgIpc) is 1.44. The number of halogens is 12. The number of benzene rings is 1. The minimum Gasteiger partial charge on any atom is -0.418 e. The standard InChI is InChI=1S/C63H33O12.3BF4/c64-58-52(37-19-7-1-13-25-43(37)70-58)49(53-38-20-8-2-14-26-44(38)71-59(53)65)34-31-35(50(54-39-21-9-3-15-27-45(39)72-60(54)66)55-40-22-10-4-16-28-46(40)73-61(55)67)33-36(32-34)51(56-41-23-11-5-17-29-47(41)74-62(56)68)57-42-24-12-6-18-30-48(42)75-63(57)69;3*2-1(3,4)5/h1-33H;;;/q+3;3*-1. The molecular formula is C63H33B3F12O12. The van der Waals surface area contributed by atoms with E-state index >= 15 is 0 Å². The van der Waals surface area contributed by atoms with Crippen molar-refractivity contribution in [3.05, 3.63) is 331 Å². The van der Waals surface area contributed by atoms with Crippen LogP contribution in [0.5, 0.6) is 0 Å². The Labute approximate surface area is 496 Å². The molecule has 450 valence electrons. The molecule has 0 fully saturated rings. The topological polar surface area (TPSA) is 181 Å². The van der Waals surface area contributed by atoms with Crippen molar-refractivity contribution in [1.29, 1.82) is 0 Å². The predicted molar refractivity (Wildman–Crippen MR) is 308 cm³/mol. The molecule has 6 aliphatic heterocycles. The second-order valence-corrected chi connectivity index (χ2v) is 19.1. The van der Waals surface area contributed by atoms with Gasteiger partial charge in [0.1, 0.15) is 0 Å². The Kier molecular flexibility index (Phi) is 17.1. The van der Waals surface area contributed by atoms with Crippen LogP contribution in [0, 0.1) is 17.8 Å². The largest absolute Gasteiger partial charge is 0.673 e. The molecule has 90 heavy (non-hydrogen) atoms. The molecule has 0 aromatic heterocycles. The summed E-state index contributed by atoms with van der Waals surface area (Å²) < 4.78 is 153. The Bertz CT molecular complexity index is 4120. The van der Waals surface area contributed by atoms with E-state index in [4.69, 9.17) is 26.5 Å². The minimum atomic E-state index is -6.00. The van der Waals surface area contributed by atoms with Gasteiger partial charge < -0.3 is 78.3 Å². The summed E-state index contributed by atoms with van der Waals surface area (Å²) in [7, 11) is -18.0. The summed E-state index contributed by atoms with van der Waals surface area (Å²) in [6.07, 6.45) is 0. The summed E-state index contributed by atoms with van der Waals surface area (Å²) in [5.41, 5.74) is -2.75. The first-order valence-electron chi connectivity index (χ1n) is 26.2. The van der Waals surface area contributed by atoms with Crippen LogP contribution in [-0.4, -0.2) is 21.8 Å². The Hall–Kier alpha value is -11.2. The van der Waals surface area contributed by atoms with Crippen molar-refractivity contribution in [2.24, 2.45) is 0 Å². The first-order valence-corrected chi connectivity index (χ1v) is 26.2. The minimum absolute atomic E-state index is 0.0231. The SMILES string of the molecule is F[B-](F)(F)F.F[B-](F)(F)F.F[B-](F)(F)F.O=c1oc2cccccc-2c1[C+](c1cc([C+](c2c3cccccc-3oc2=O)c2c3cccccc-3oc2=O)cc([C+](c2c3cccccc-3oc2=O)c2c3cccccc-3oc2=O)c1)c1c2cccccc-2oc1=O. The first kappa shape index (κ1) is 61.8.